The molecule has 5 nitrogen and oxygen atoms in total. The Morgan fingerprint density at radius 2 is 1.94 bits per heavy atom. The summed E-state index contributed by atoms with van der Waals surface area (Å²) in [6.07, 6.45) is 0.900. The first kappa shape index (κ1) is 14.9. The topological polar surface area (TPSA) is 66.8 Å². The van der Waals surface area contributed by atoms with Crippen LogP contribution >= 0.6 is 0 Å². The van der Waals surface area contributed by atoms with Crippen molar-refractivity contribution in [2.75, 3.05) is 20.2 Å². The van der Waals surface area contributed by atoms with E-state index in [4.69, 9.17) is 9.84 Å². The van der Waals surface area contributed by atoms with Gasteiger partial charge in [0, 0.05) is 13.6 Å². The van der Waals surface area contributed by atoms with Crippen molar-refractivity contribution in [1.82, 2.24) is 4.90 Å². The Bertz CT molecular complexity index is 242. The van der Waals surface area contributed by atoms with E-state index < -0.39 is 11.9 Å². The first-order valence-corrected chi connectivity index (χ1v) is 5.46. The van der Waals surface area contributed by atoms with Crippen molar-refractivity contribution in [3.05, 3.63) is 0 Å². The largest absolute Gasteiger partial charge is 0.481 e. The molecule has 0 saturated heterocycles. The number of carbonyl (C=O) groups excluding carboxylic acids is 1. The SMILES string of the molecule is CCC(C)OCC(=O)N(C)CC(C)C(=O)O. The van der Waals surface area contributed by atoms with Gasteiger partial charge in [-0.05, 0) is 13.3 Å². The maximum atomic E-state index is 11.5. The Hall–Kier alpha value is -1.10. The summed E-state index contributed by atoms with van der Waals surface area (Å²) in [5.74, 6) is -1.64. The van der Waals surface area contributed by atoms with Crippen LogP contribution in [0.25, 0.3) is 0 Å². The predicted molar refractivity (Wildman–Crippen MR) is 60.1 cm³/mol. The van der Waals surface area contributed by atoms with E-state index in [1.165, 1.54) is 4.90 Å². The fraction of sp³-hybridized carbons (Fsp3) is 0.818. The molecule has 0 bridgehead atoms. The van der Waals surface area contributed by atoms with Gasteiger partial charge in [0.05, 0.1) is 12.0 Å². The molecule has 5 heteroatoms. The molecule has 0 aromatic carbocycles. The third kappa shape index (κ3) is 5.70. The fourth-order valence-corrected chi connectivity index (χ4v) is 1.03. The molecule has 0 rings (SSSR count). The molecule has 1 amide bonds. The van der Waals surface area contributed by atoms with Gasteiger partial charge in [0.15, 0.2) is 0 Å². The van der Waals surface area contributed by atoms with Crippen LogP contribution in [0.2, 0.25) is 0 Å². The Morgan fingerprint density at radius 1 is 1.38 bits per heavy atom. The van der Waals surface area contributed by atoms with Crippen LogP contribution in [0.1, 0.15) is 27.2 Å². The van der Waals surface area contributed by atoms with Crippen LogP contribution < -0.4 is 0 Å². The van der Waals surface area contributed by atoms with E-state index in [2.05, 4.69) is 0 Å². The van der Waals surface area contributed by atoms with E-state index in [0.29, 0.717) is 0 Å². The van der Waals surface area contributed by atoms with Gasteiger partial charge in [0.25, 0.3) is 0 Å². The minimum absolute atomic E-state index is 0.0118. The summed E-state index contributed by atoms with van der Waals surface area (Å²) in [5.41, 5.74) is 0. The lowest BCUT2D eigenvalue weighted by Crippen LogP contribution is -2.36. The first-order valence-electron chi connectivity index (χ1n) is 5.46. The molecule has 0 fully saturated rings. The Labute approximate surface area is 96.4 Å². The van der Waals surface area contributed by atoms with Crippen LogP contribution in [-0.2, 0) is 14.3 Å². The van der Waals surface area contributed by atoms with Gasteiger partial charge in [0.2, 0.25) is 5.91 Å². The zero-order valence-corrected chi connectivity index (χ0v) is 10.4. The molecule has 0 aliphatic rings. The molecule has 0 radical (unpaired) electrons. The second-order valence-electron chi connectivity index (χ2n) is 4.04. The molecule has 0 spiro atoms. The van der Waals surface area contributed by atoms with Gasteiger partial charge in [0.1, 0.15) is 6.61 Å². The highest BCUT2D eigenvalue weighted by atomic mass is 16.5. The van der Waals surface area contributed by atoms with Gasteiger partial charge in [-0.15, -0.1) is 0 Å². The van der Waals surface area contributed by atoms with Gasteiger partial charge in [-0.2, -0.15) is 0 Å². The van der Waals surface area contributed by atoms with Crippen molar-refractivity contribution in [3.63, 3.8) is 0 Å². The quantitative estimate of drug-likeness (QED) is 0.709. The Kier molecular flexibility index (Phi) is 6.72. The molecule has 0 aliphatic heterocycles. The van der Waals surface area contributed by atoms with Gasteiger partial charge < -0.3 is 14.7 Å². The van der Waals surface area contributed by atoms with Crippen molar-refractivity contribution < 1.29 is 19.4 Å². The van der Waals surface area contributed by atoms with E-state index in [1.807, 2.05) is 13.8 Å². The number of nitrogens with zero attached hydrogens (tertiary/aromatic N) is 1. The van der Waals surface area contributed by atoms with Crippen molar-refractivity contribution in [1.29, 1.82) is 0 Å². The third-order valence-electron chi connectivity index (χ3n) is 2.46. The van der Waals surface area contributed by atoms with Crippen LogP contribution in [0, 0.1) is 5.92 Å². The standard InChI is InChI=1S/C11H21NO4/c1-5-9(3)16-7-10(13)12(4)6-8(2)11(14)15/h8-9H,5-7H2,1-4H3,(H,14,15). The van der Waals surface area contributed by atoms with Crippen molar-refractivity contribution >= 4 is 11.9 Å². The maximum Gasteiger partial charge on any atom is 0.308 e. The second-order valence-corrected chi connectivity index (χ2v) is 4.04. The lowest BCUT2D eigenvalue weighted by molar-refractivity contribution is -0.144. The zero-order valence-electron chi connectivity index (χ0n) is 10.4. The van der Waals surface area contributed by atoms with Crippen LogP contribution in [0.4, 0.5) is 0 Å². The molecule has 2 unspecified atom stereocenters. The Balaban J connectivity index is 3.95. The summed E-state index contributed by atoms with van der Waals surface area (Å²) >= 11 is 0. The first-order chi connectivity index (χ1) is 7.38. The number of likely N-dealkylation sites (N-methyl/N-ethyl adjacent to an activating group) is 1. The average Bonchev–Trinajstić information content (AvgIpc) is 2.24. The minimum atomic E-state index is -0.900. The summed E-state index contributed by atoms with van der Waals surface area (Å²) in [6.45, 7) is 5.66. The maximum absolute atomic E-state index is 11.5. The molecule has 0 aromatic heterocycles. The van der Waals surface area contributed by atoms with Crippen molar-refractivity contribution in [2.24, 2.45) is 5.92 Å². The van der Waals surface area contributed by atoms with Crippen molar-refractivity contribution in [3.8, 4) is 0 Å². The van der Waals surface area contributed by atoms with Gasteiger partial charge in [-0.25, -0.2) is 0 Å². The average molecular weight is 231 g/mol. The summed E-state index contributed by atoms with van der Waals surface area (Å²) < 4.78 is 5.28. The van der Waals surface area contributed by atoms with E-state index in [1.54, 1.807) is 14.0 Å². The normalized spacial score (nSPS) is 14.2. The molecule has 0 heterocycles. The number of carboxylic acids is 1. The number of hydrogen-bond acceptors (Lipinski definition) is 3. The number of amides is 1. The summed E-state index contributed by atoms with van der Waals surface area (Å²) in [7, 11) is 1.59. The lowest BCUT2D eigenvalue weighted by Gasteiger charge is -2.20. The predicted octanol–water partition coefficient (Wildman–Crippen LogP) is 0.981. The number of carboxylic acid groups (broad SMARTS) is 1. The third-order valence-corrected chi connectivity index (χ3v) is 2.46. The van der Waals surface area contributed by atoms with Gasteiger partial charge >= 0.3 is 5.97 Å². The molecular weight excluding hydrogens is 210 g/mol. The van der Waals surface area contributed by atoms with Crippen LogP contribution in [0.3, 0.4) is 0 Å². The molecule has 0 aromatic rings. The van der Waals surface area contributed by atoms with E-state index >= 15 is 0 Å². The van der Waals surface area contributed by atoms with E-state index in [9.17, 15) is 9.59 Å². The monoisotopic (exact) mass is 231 g/mol. The van der Waals surface area contributed by atoms with Gasteiger partial charge in [-0.3, -0.25) is 9.59 Å². The molecule has 1 N–H and O–H groups in total. The number of carbonyl (C=O) groups is 2. The molecular formula is C11H21NO4. The molecule has 0 saturated carbocycles. The Morgan fingerprint density at radius 3 is 2.38 bits per heavy atom. The number of ether oxygens (including phenoxy) is 1. The molecule has 16 heavy (non-hydrogen) atoms. The van der Waals surface area contributed by atoms with Crippen LogP contribution in [0.5, 0.6) is 0 Å². The highest BCUT2D eigenvalue weighted by molar-refractivity contribution is 5.78. The van der Waals surface area contributed by atoms with E-state index in [0.717, 1.165) is 6.42 Å². The number of aliphatic carboxylic acids is 1. The number of hydrogen-bond donors (Lipinski definition) is 1. The van der Waals surface area contributed by atoms with Crippen molar-refractivity contribution in [2.45, 2.75) is 33.3 Å². The fourth-order valence-electron chi connectivity index (χ4n) is 1.03. The van der Waals surface area contributed by atoms with E-state index in [-0.39, 0.29) is 25.2 Å². The summed E-state index contributed by atoms with van der Waals surface area (Å²) in [4.78, 5) is 23.5. The van der Waals surface area contributed by atoms with Gasteiger partial charge in [-0.1, -0.05) is 13.8 Å². The summed E-state index contributed by atoms with van der Waals surface area (Å²) in [5, 5.41) is 8.70. The smallest absolute Gasteiger partial charge is 0.308 e. The zero-order chi connectivity index (χ0) is 12.7. The highest BCUT2D eigenvalue weighted by Gasteiger charge is 2.17. The minimum Gasteiger partial charge on any atom is -0.481 e. The van der Waals surface area contributed by atoms with Crippen LogP contribution in [-0.4, -0.2) is 48.2 Å². The highest BCUT2D eigenvalue weighted by Crippen LogP contribution is 2.01. The summed E-state index contributed by atoms with van der Waals surface area (Å²) in [6, 6.07) is 0. The molecule has 94 valence electrons. The molecule has 0 aliphatic carbocycles. The second kappa shape index (κ2) is 7.22. The lowest BCUT2D eigenvalue weighted by atomic mass is 10.2. The van der Waals surface area contributed by atoms with Crippen LogP contribution in [0.15, 0.2) is 0 Å². The molecule has 2 atom stereocenters. The number of rotatable bonds is 7.